The van der Waals surface area contributed by atoms with Gasteiger partial charge in [-0.05, 0) is 31.6 Å². The highest BCUT2D eigenvalue weighted by atomic mass is 16.2. The molecule has 3 rings (SSSR count). The molecule has 1 aromatic heterocycles. The molecule has 2 aliphatic rings. The third kappa shape index (κ3) is 4.83. The first-order chi connectivity index (χ1) is 11.9. The number of aromatic nitrogens is 3. The molecule has 25 heavy (non-hydrogen) atoms. The van der Waals surface area contributed by atoms with E-state index in [0.717, 1.165) is 44.6 Å². The minimum absolute atomic E-state index is 0.0340. The summed E-state index contributed by atoms with van der Waals surface area (Å²) in [7, 11) is 0. The molecular formula is C20H34N4O. The van der Waals surface area contributed by atoms with E-state index in [1.807, 2.05) is 4.68 Å². The van der Waals surface area contributed by atoms with Crippen LogP contribution in [0.1, 0.15) is 77.8 Å². The van der Waals surface area contributed by atoms with Crippen LogP contribution < -0.4 is 0 Å². The maximum atomic E-state index is 12.9. The lowest BCUT2D eigenvalue weighted by atomic mass is 9.93. The highest BCUT2D eigenvalue weighted by molar-refractivity contribution is 5.79. The molecule has 0 unspecified atom stereocenters. The molecule has 0 radical (unpaired) electrons. The standard InChI is InChI=1S/C20H34N4O/c1-20(2,3)18-15-24(22-21-18)14-16-9-8-12-23(13-16)19(25)17-10-6-4-5-7-11-17/h15-17H,4-14H2,1-3H3/t16-/m0/s1. The molecule has 5 heteroatoms. The second kappa shape index (κ2) is 7.88. The van der Waals surface area contributed by atoms with Crippen LogP contribution in [0.2, 0.25) is 0 Å². The van der Waals surface area contributed by atoms with Crippen molar-refractivity contribution < 1.29 is 4.79 Å². The average Bonchev–Trinajstić information content (AvgIpc) is 2.89. The van der Waals surface area contributed by atoms with Crippen molar-refractivity contribution in [3.8, 4) is 0 Å². The number of nitrogens with zero attached hydrogens (tertiary/aromatic N) is 4. The Morgan fingerprint density at radius 2 is 1.84 bits per heavy atom. The van der Waals surface area contributed by atoms with Gasteiger partial charge < -0.3 is 4.90 Å². The predicted molar refractivity (Wildman–Crippen MR) is 99.2 cm³/mol. The first kappa shape index (κ1) is 18.4. The molecule has 1 saturated carbocycles. The van der Waals surface area contributed by atoms with Gasteiger partial charge in [0.15, 0.2) is 0 Å². The fourth-order valence-corrected chi connectivity index (χ4v) is 4.19. The molecule has 1 aliphatic carbocycles. The van der Waals surface area contributed by atoms with Crippen molar-refractivity contribution in [2.75, 3.05) is 13.1 Å². The SMILES string of the molecule is CC(C)(C)c1cn(C[C@H]2CCCN(C(=O)C3CCCCCC3)C2)nn1. The third-order valence-corrected chi connectivity index (χ3v) is 5.79. The first-order valence-corrected chi connectivity index (χ1v) is 10.1. The molecule has 140 valence electrons. The van der Waals surface area contributed by atoms with Crippen molar-refractivity contribution in [2.24, 2.45) is 11.8 Å². The molecule has 0 spiro atoms. The fourth-order valence-electron chi connectivity index (χ4n) is 4.19. The van der Waals surface area contributed by atoms with Gasteiger partial charge in [-0.25, -0.2) is 0 Å². The van der Waals surface area contributed by atoms with E-state index in [-0.39, 0.29) is 11.3 Å². The van der Waals surface area contributed by atoms with Crippen molar-refractivity contribution in [1.82, 2.24) is 19.9 Å². The summed E-state index contributed by atoms with van der Waals surface area (Å²) >= 11 is 0. The fraction of sp³-hybridized carbons (Fsp3) is 0.850. The predicted octanol–water partition coefficient (Wildman–Crippen LogP) is 3.78. The summed E-state index contributed by atoms with van der Waals surface area (Å²) in [4.78, 5) is 15.1. The molecule has 1 saturated heterocycles. The highest BCUT2D eigenvalue weighted by Crippen LogP contribution is 2.27. The van der Waals surface area contributed by atoms with E-state index in [1.54, 1.807) is 0 Å². The number of rotatable bonds is 3. The van der Waals surface area contributed by atoms with Gasteiger partial charge in [0.05, 0.1) is 5.69 Å². The molecule has 2 heterocycles. The van der Waals surface area contributed by atoms with Gasteiger partial charge >= 0.3 is 0 Å². The zero-order chi connectivity index (χ0) is 17.9. The maximum absolute atomic E-state index is 12.9. The molecular weight excluding hydrogens is 312 g/mol. The second-order valence-electron chi connectivity index (χ2n) is 9.06. The zero-order valence-electron chi connectivity index (χ0n) is 16.2. The van der Waals surface area contributed by atoms with Crippen LogP contribution in [0.4, 0.5) is 0 Å². The maximum Gasteiger partial charge on any atom is 0.225 e. The number of amides is 1. The monoisotopic (exact) mass is 346 g/mol. The number of hydrogen-bond acceptors (Lipinski definition) is 3. The van der Waals surface area contributed by atoms with E-state index in [1.165, 1.54) is 32.1 Å². The van der Waals surface area contributed by atoms with Gasteiger partial charge in [0, 0.05) is 37.2 Å². The van der Waals surface area contributed by atoms with Gasteiger partial charge in [0.25, 0.3) is 0 Å². The van der Waals surface area contributed by atoms with Crippen LogP contribution in [0, 0.1) is 11.8 Å². The van der Waals surface area contributed by atoms with Gasteiger partial charge in [0.1, 0.15) is 0 Å². The Balaban J connectivity index is 1.57. The Hall–Kier alpha value is -1.39. The van der Waals surface area contributed by atoms with Crippen LogP contribution in [0.5, 0.6) is 0 Å². The lowest BCUT2D eigenvalue weighted by Crippen LogP contribution is -2.44. The number of hydrogen-bond donors (Lipinski definition) is 0. The largest absolute Gasteiger partial charge is 0.342 e. The minimum atomic E-state index is 0.0340. The van der Waals surface area contributed by atoms with E-state index in [0.29, 0.717) is 11.8 Å². The summed E-state index contributed by atoms with van der Waals surface area (Å²) in [5, 5.41) is 8.64. The molecule has 1 amide bonds. The van der Waals surface area contributed by atoms with Crippen LogP contribution in [-0.4, -0.2) is 38.9 Å². The van der Waals surface area contributed by atoms with E-state index in [2.05, 4.69) is 42.2 Å². The van der Waals surface area contributed by atoms with Crippen molar-refractivity contribution in [2.45, 2.75) is 84.1 Å². The van der Waals surface area contributed by atoms with Crippen molar-refractivity contribution >= 4 is 5.91 Å². The molecule has 0 bridgehead atoms. The molecule has 0 aromatic carbocycles. The van der Waals surface area contributed by atoms with Gasteiger partial charge in [-0.1, -0.05) is 51.7 Å². The molecule has 1 aliphatic heterocycles. The van der Waals surface area contributed by atoms with E-state index in [4.69, 9.17) is 0 Å². The van der Waals surface area contributed by atoms with E-state index < -0.39 is 0 Å². The Bertz CT molecular complexity index is 566. The smallest absolute Gasteiger partial charge is 0.225 e. The first-order valence-electron chi connectivity index (χ1n) is 10.1. The van der Waals surface area contributed by atoms with Gasteiger partial charge in [-0.3, -0.25) is 9.48 Å². The molecule has 1 atom stereocenters. The van der Waals surface area contributed by atoms with Crippen LogP contribution in [0.15, 0.2) is 6.20 Å². The quantitative estimate of drug-likeness (QED) is 0.783. The lowest BCUT2D eigenvalue weighted by Gasteiger charge is -2.34. The second-order valence-corrected chi connectivity index (χ2v) is 9.06. The Morgan fingerprint density at radius 3 is 2.48 bits per heavy atom. The van der Waals surface area contributed by atoms with Crippen LogP contribution in [0.25, 0.3) is 0 Å². The van der Waals surface area contributed by atoms with Crippen molar-refractivity contribution in [3.63, 3.8) is 0 Å². The lowest BCUT2D eigenvalue weighted by molar-refractivity contribution is -0.138. The molecule has 1 aromatic rings. The van der Waals surface area contributed by atoms with Gasteiger partial charge in [-0.15, -0.1) is 5.10 Å². The summed E-state index contributed by atoms with van der Waals surface area (Å²) in [6.07, 6.45) is 11.6. The summed E-state index contributed by atoms with van der Waals surface area (Å²) in [5.74, 6) is 1.19. The Labute approximate surface area is 152 Å². The minimum Gasteiger partial charge on any atom is -0.342 e. The number of piperidine rings is 1. The molecule has 5 nitrogen and oxygen atoms in total. The number of likely N-dealkylation sites (tertiary alicyclic amines) is 1. The number of carbonyl (C=O) groups excluding carboxylic acids is 1. The van der Waals surface area contributed by atoms with Gasteiger partial charge in [0.2, 0.25) is 5.91 Å². The van der Waals surface area contributed by atoms with Gasteiger partial charge in [-0.2, -0.15) is 0 Å². The molecule has 0 N–H and O–H groups in total. The van der Waals surface area contributed by atoms with Crippen molar-refractivity contribution in [1.29, 1.82) is 0 Å². The Morgan fingerprint density at radius 1 is 1.12 bits per heavy atom. The summed E-state index contributed by atoms with van der Waals surface area (Å²) < 4.78 is 1.98. The van der Waals surface area contributed by atoms with Crippen LogP contribution in [0.3, 0.4) is 0 Å². The normalized spacial score (nSPS) is 23.5. The van der Waals surface area contributed by atoms with E-state index >= 15 is 0 Å². The number of carbonyl (C=O) groups is 1. The van der Waals surface area contributed by atoms with Crippen molar-refractivity contribution in [3.05, 3.63) is 11.9 Å². The van der Waals surface area contributed by atoms with Crippen LogP contribution in [-0.2, 0) is 16.8 Å². The highest BCUT2D eigenvalue weighted by Gasteiger charge is 2.29. The van der Waals surface area contributed by atoms with Crippen LogP contribution >= 0.6 is 0 Å². The third-order valence-electron chi connectivity index (χ3n) is 5.79. The summed E-state index contributed by atoms with van der Waals surface area (Å²) in [6.45, 7) is 9.19. The Kier molecular flexibility index (Phi) is 5.80. The summed E-state index contributed by atoms with van der Waals surface area (Å²) in [5.41, 5.74) is 1.07. The zero-order valence-corrected chi connectivity index (χ0v) is 16.2. The average molecular weight is 347 g/mol. The van der Waals surface area contributed by atoms with E-state index in [9.17, 15) is 4.79 Å². The summed E-state index contributed by atoms with van der Waals surface area (Å²) in [6, 6.07) is 0. The topological polar surface area (TPSA) is 51.0 Å². The molecule has 2 fully saturated rings.